The molecule has 1 atom stereocenters. The highest BCUT2D eigenvalue weighted by molar-refractivity contribution is 6.02. The molecule has 2 amide bonds. The molecule has 25 heavy (non-hydrogen) atoms. The normalized spacial score (nSPS) is 22.1. The van der Waals surface area contributed by atoms with Crippen molar-refractivity contribution in [1.82, 2.24) is 10.2 Å². The van der Waals surface area contributed by atoms with Crippen LogP contribution in [0, 0.1) is 5.41 Å². The molecular formula is C21H30N2O2. The van der Waals surface area contributed by atoms with Gasteiger partial charge in [-0.15, -0.1) is 0 Å². The fourth-order valence-corrected chi connectivity index (χ4v) is 4.52. The van der Waals surface area contributed by atoms with Crippen molar-refractivity contribution in [3.63, 3.8) is 0 Å². The number of nitrogens with one attached hydrogen (secondary N) is 1. The lowest BCUT2D eigenvalue weighted by molar-refractivity contribution is -0.185. The van der Waals surface area contributed by atoms with E-state index in [-0.39, 0.29) is 23.9 Å². The van der Waals surface area contributed by atoms with E-state index >= 15 is 0 Å². The third kappa shape index (κ3) is 3.44. The van der Waals surface area contributed by atoms with Crippen LogP contribution in [0.25, 0.3) is 0 Å². The number of aryl methyl sites for hydroxylation is 1. The summed E-state index contributed by atoms with van der Waals surface area (Å²) in [6, 6.07) is 10.1. The molecule has 2 fully saturated rings. The lowest BCUT2D eigenvalue weighted by atomic mass is 9.61. The molecule has 0 radical (unpaired) electrons. The van der Waals surface area contributed by atoms with Gasteiger partial charge < -0.3 is 10.2 Å². The zero-order chi connectivity index (χ0) is 17.9. The zero-order valence-corrected chi connectivity index (χ0v) is 15.5. The molecule has 1 saturated heterocycles. The van der Waals surface area contributed by atoms with Crippen molar-refractivity contribution >= 4 is 11.8 Å². The number of hydrogen-bond donors (Lipinski definition) is 1. The minimum absolute atomic E-state index is 0.0447. The summed E-state index contributed by atoms with van der Waals surface area (Å²) < 4.78 is 0. The predicted molar refractivity (Wildman–Crippen MR) is 99.1 cm³/mol. The van der Waals surface area contributed by atoms with E-state index in [2.05, 4.69) is 17.4 Å². The molecular weight excluding hydrogens is 312 g/mol. The number of carbonyl (C=O) groups excluding carboxylic acids is 2. The Labute approximate surface area is 151 Å². The van der Waals surface area contributed by atoms with E-state index in [4.69, 9.17) is 0 Å². The summed E-state index contributed by atoms with van der Waals surface area (Å²) in [5.74, 6) is 0.245. The number of amides is 2. The molecule has 1 aromatic rings. The summed E-state index contributed by atoms with van der Waals surface area (Å²) >= 11 is 0. The Hall–Kier alpha value is -1.84. The van der Waals surface area contributed by atoms with E-state index in [0.717, 1.165) is 38.5 Å². The van der Waals surface area contributed by atoms with Gasteiger partial charge in [-0.25, -0.2) is 0 Å². The molecule has 2 aliphatic rings. The molecule has 1 saturated carbocycles. The average molecular weight is 342 g/mol. The number of benzene rings is 1. The van der Waals surface area contributed by atoms with Crippen molar-refractivity contribution in [2.24, 2.45) is 5.41 Å². The van der Waals surface area contributed by atoms with Gasteiger partial charge in [0.2, 0.25) is 11.8 Å². The van der Waals surface area contributed by atoms with Gasteiger partial charge in [-0.3, -0.25) is 9.59 Å². The van der Waals surface area contributed by atoms with Gasteiger partial charge in [-0.1, -0.05) is 49.6 Å². The number of β-lactam (4-membered cyclic amide) rings is 1. The van der Waals surface area contributed by atoms with E-state index in [1.165, 1.54) is 12.0 Å². The van der Waals surface area contributed by atoms with Crippen LogP contribution in [0.5, 0.6) is 0 Å². The van der Waals surface area contributed by atoms with Gasteiger partial charge in [0.1, 0.15) is 6.04 Å². The summed E-state index contributed by atoms with van der Waals surface area (Å²) in [5, 5.41) is 3.10. The van der Waals surface area contributed by atoms with Crippen molar-refractivity contribution in [2.75, 3.05) is 6.54 Å². The van der Waals surface area contributed by atoms with Crippen molar-refractivity contribution in [1.29, 1.82) is 0 Å². The number of hydrogen-bond acceptors (Lipinski definition) is 2. The molecule has 3 rings (SSSR count). The SMILES string of the molecule is CC(C)N1C(=O)C2(CCCCC2)C1C(=O)NCCCc1ccccc1. The monoisotopic (exact) mass is 342 g/mol. The summed E-state index contributed by atoms with van der Waals surface area (Å²) in [7, 11) is 0. The second-order valence-electron chi connectivity index (χ2n) is 7.81. The van der Waals surface area contributed by atoms with Crippen LogP contribution in [-0.2, 0) is 16.0 Å². The Bertz CT molecular complexity index is 606. The minimum atomic E-state index is -0.411. The van der Waals surface area contributed by atoms with E-state index in [1.807, 2.05) is 32.0 Å². The summed E-state index contributed by atoms with van der Waals surface area (Å²) in [6.07, 6.45) is 6.94. The van der Waals surface area contributed by atoms with Crippen LogP contribution in [0.4, 0.5) is 0 Å². The van der Waals surface area contributed by atoms with Crippen LogP contribution < -0.4 is 5.32 Å². The Balaban J connectivity index is 1.57. The van der Waals surface area contributed by atoms with Crippen molar-refractivity contribution in [2.45, 2.75) is 70.9 Å². The van der Waals surface area contributed by atoms with Crippen molar-refractivity contribution in [3.8, 4) is 0 Å². The molecule has 1 aliphatic carbocycles. The molecule has 0 bridgehead atoms. The topological polar surface area (TPSA) is 49.4 Å². The van der Waals surface area contributed by atoms with Crippen molar-refractivity contribution in [3.05, 3.63) is 35.9 Å². The van der Waals surface area contributed by atoms with Gasteiger partial charge in [0, 0.05) is 12.6 Å². The Morgan fingerprint density at radius 1 is 1.20 bits per heavy atom. The van der Waals surface area contributed by atoms with E-state index in [9.17, 15) is 9.59 Å². The maximum Gasteiger partial charge on any atom is 0.243 e. The maximum absolute atomic E-state index is 12.9. The van der Waals surface area contributed by atoms with Crippen LogP contribution in [-0.4, -0.2) is 35.3 Å². The van der Waals surface area contributed by atoms with E-state index < -0.39 is 5.41 Å². The molecule has 136 valence electrons. The molecule has 1 unspecified atom stereocenters. The first-order chi connectivity index (χ1) is 12.1. The molecule has 4 heteroatoms. The third-order valence-corrected chi connectivity index (χ3v) is 5.80. The quantitative estimate of drug-likeness (QED) is 0.637. The summed E-state index contributed by atoms with van der Waals surface area (Å²) in [6.45, 7) is 4.67. The Morgan fingerprint density at radius 2 is 1.88 bits per heavy atom. The standard InChI is InChI=1S/C21H30N2O2/c1-16(2)23-18(21(20(23)25)13-7-4-8-14-21)19(24)22-15-9-12-17-10-5-3-6-11-17/h3,5-6,10-11,16,18H,4,7-9,12-15H2,1-2H3,(H,22,24). The van der Waals surface area contributed by atoms with Gasteiger partial charge in [0.25, 0.3) is 0 Å². The maximum atomic E-state index is 12.9. The highest BCUT2D eigenvalue weighted by Gasteiger charge is 2.63. The number of likely N-dealkylation sites (tertiary alicyclic amines) is 1. The first kappa shape index (κ1) is 18.0. The molecule has 1 heterocycles. The van der Waals surface area contributed by atoms with E-state index in [1.54, 1.807) is 4.90 Å². The Morgan fingerprint density at radius 3 is 2.52 bits per heavy atom. The fourth-order valence-electron chi connectivity index (χ4n) is 4.52. The first-order valence-electron chi connectivity index (χ1n) is 9.71. The van der Waals surface area contributed by atoms with Crippen molar-refractivity contribution < 1.29 is 9.59 Å². The number of rotatable bonds is 6. The van der Waals surface area contributed by atoms with Gasteiger partial charge in [0.15, 0.2) is 0 Å². The minimum Gasteiger partial charge on any atom is -0.354 e. The summed E-state index contributed by atoms with van der Waals surface area (Å²) in [5.41, 5.74) is 0.884. The lowest BCUT2D eigenvalue weighted by Gasteiger charge is -2.58. The van der Waals surface area contributed by atoms with Crippen LogP contribution in [0.3, 0.4) is 0 Å². The number of carbonyl (C=O) groups is 2. The number of nitrogens with zero attached hydrogens (tertiary/aromatic N) is 1. The lowest BCUT2D eigenvalue weighted by Crippen LogP contribution is -2.75. The van der Waals surface area contributed by atoms with Crippen LogP contribution in [0.2, 0.25) is 0 Å². The molecule has 4 nitrogen and oxygen atoms in total. The smallest absolute Gasteiger partial charge is 0.243 e. The molecule has 1 spiro atoms. The highest BCUT2D eigenvalue weighted by atomic mass is 16.2. The molecule has 1 N–H and O–H groups in total. The highest BCUT2D eigenvalue weighted by Crippen LogP contribution is 2.50. The molecule has 1 aromatic carbocycles. The third-order valence-electron chi connectivity index (χ3n) is 5.80. The molecule has 1 aliphatic heterocycles. The Kier molecular flexibility index (Phi) is 5.45. The van der Waals surface area contributed by atoms with Gasteiger partial charge in [0.05, 0.1) is 5.41 Å². The predicted octanol–water partition coefficient (Wildman–Crippen LogP) is 3.31. The van der Waals surface area contributed by atoms with Gasteiger partial charge >= 0.3 is 0 Å². The fraction of sp³-hybridized carbons (Fsp3) is 0.619. The van der Waals surface area contributed by atoms with Crippen LogP contribution in [0.15, 0.2) is 30.3 Å². The first-order valence-corrected chi connectivity index (χ1v) is 9.71. The van der Waals surface area contributed by atoms with Gasteiger partial charge in [-0.05, 0) is 45.1 Å². The van der Waals surface area contributed by atoms with E-state index in [0.29, 0.717) is 6.54 Å². The second-order valence-corrected chi connectivity index (χ2v) is 7.81. The largest absolute Gasteiger partial charge is 0.354 e. The second kappa shape index (κ2) is 7.59. The van der Waals surface area contributed by atoms with Crippen LogP contribution >= 0.6 is 0 Å². The zero-order valence-electron chi connectivity index (χ0n) is 15.5. The van der Waals surface area contributed by atoms with Crippen LogP contribution in [0.1, 0.15) is 57.9 Å². The molecule has 0 aromatic heterocycles. The average Bonchev–Trinajstić information content (AvgIpc) is 2.63. The summed E-state index contributed by atoms with van der Waals surface area (Å²) in [4.78, 5) is 27.4. The van der Waals surface area contributed by atoms with Gasteiger partial charge in [-0.2, -0.15) is 0 Å².